The summed E-state index contributed by atoms with van der Waals surface area (Å²) in [6.07, 6.45) is 3.61. The van der Waals surface area contributed by atoms with Crippen LogP contribution in [-0.4, -0.2) is 19.7 Å². The van der Waals surface area contributed by atoms with E-state index in [0.717, 1.165) is 23.1 Å². The van der Waals surface area contributed by atoms with Gasteiger partial charge in [0.2, 0.25) is 0 Å². The Bertz CT molecular complexity index is 985. The van der Waals surface area contributed by atoms with E-state index < -0.39 is 0 Å². The van der Waals surface area contributed by atoms with Crippen LogP contribution in [0.5, 0.6) is 0 Å². The number of thioether (sulfide) groups is 1. The van der Waals surface area contributed by atoms with Gasteiger partial charge in [-0.15, -0.1) is 10.2 Å². The van der Waals surface area contributed by atoms with Gasteiger partial charge in [-0.1, -0.05) is 72.4 Å². The van der Waals surface area contributed by atoms with Crippen molar-refractivity contribution in [1.29, 1.82) is 0 Å². The summed E-state index contributed by atoms with van der Waals surface area (Å²) in [6.45, 7) is 2.92. The van der Waals surface area contributed by atoms with Crippen LogP contribution in [-0.2, 0) is 6.54 Å². The first kappa shape index (κ1) is 17.5. The standard InChI is InChI=1S/C22H20N4S/c1-17(19-11-6-3-7-12-19)27-22-25-24-21(20-13-8-14-23-15-20)26(22)16-18-9-4-2-5-10-18/h2-15,17H,16H2,1H3. The van der Waals surface area contributed by atoms with Crippen molar-refractivity contribution in [2.75, 3.05) is 0 Å². The van der Waals surface area contributed by atoms with E-state index in [0.29, 0.717) is 0 Å². The van der Waals surface area contributed by atoms with Crippen LogP contribution in [0.2, 0.25) is 0 Å². The van der Waals surface area contributed by atoms with E-state index in [1.165, 1.54) is 11.1 Å². The molecule has 4 aromatic rings. The second-order valence-corrected chi connectivity index (χ2v) is 7.60. The third-order valence-corrected chi connectivity index (χ3v) is 5.51. The summed E-state index contributed by atoms with van der Waals surface area (Å²) in [4.78, 5) is 4.24. The van der Waals surface area contributed by atoms with Gasteiger partial charge in [0, 0.05) is 23.2 Å². The molecule has 0 aliphatic carbocycles. The van der Waals surface area contributed by atoms with Gasteiger partial charge in [0.05, 0.1) is 6.54 Å². The van der Waals surface area contributed by atoms with Crippen molar-refractivity contribution in [3.63, 3.8) is 0 Å². The molecule has 1 unspecified atom stereocenters. The summed E-state index contributed by atoms with van der Waals surface area (Å²) in [5.74, 6) is 0.842. The Balaban J connectivity index is 1.69. The zero-order chi connectivity index (χ0) is 18.5. The van der Waals surface area contributed by atoms with Crippen molar-refractivity contribution in [2.45, 2.75) is 23.9 Å². The minimum Gasteiger partial charge on any atom is -0.297 e. The Labute approximate surface area is 163 Å². The summed E-state index contributed by atoms with van der Waals surface area (Å²) in [5, 5.41) is 10.2. The Kier molecular flexibility index (Phi) is 5.30. The van der Waals surface area contributed by atoms with Crippen molar-refractivity contribution in [3.8, 4) is 11.4 Å². The lowest BCUT2D eigenvalue weighted by Gasteiger charge is -2.14. The van der Waals surface area contributed by atoms with Gasteiger partial charge < -0.3 is 0 Å². The van der Waals surface area contributed by atoms with Crippen LogP contribution < -0.4 is 0 Å². The van der Waals surface area contributed by atoms with Crippen LogP contribution in [0.4, 0.5) is 0 Å². The number of pyridine rings is 1. The summed E-state index contributed by atoms with van der Waals surface area (Å²) in [6, 6.07) is 24.8. The molecule has 27 heavy (non-hydrogen) atoms. The van der Waals surface area contributed by atoms with Crippen molar-refractivity contribution < 1.29 is 0 Å². The molecule has 0 fully saturated rings. The maximum absolute atomic E-state index is 4.50. The Morgan fingerprint density at radius 1 is 0.889 bits per heavy atom. The smallest absolute Gasteiger partial charge is 0.192 e. The second-order valence-electron chi connectivity index (χ2n) is 6.29. The molecule has 2 aromatic heterocycles. The van der Waals surface area contributed by atoms with E-state index in [2.05, 4.69) is 75.2 Å². The summed E-state index contributed by atoms with van der Waals surface area (Å²) < 4.78 is 2.18. The van der Waals surface area contributed by atoms with Crippen LogP contribution in [0.15, 0.2) is 90.3 Å². The molecule has 0 radical (unpaired) electrons. The first-order valence-corrected chi connectivity index (χ1v) is 9.78. The molecule has 0 saturated carbocycles. The summed E-state index contributed by atoms with van der Waals surface area (Å²) in [7, 11) is 0. The Hall–Kier alpha value is -2.92. The molecule has 134 valence electrons. The predicted molar refractivity (Wildman–Crippen MR) is 110 cm³/mol. The van der Waals surface area contributed by atoms with Gasteiger partial charge in [-0.25, -0.2) is 0 Å². The van der Waals surface area contributed by atoms with Gasteiger partial charge in [0.1, 0.15) is 0 Å². The number of benzene rings is 2. The highest BCUT2D eigenvalue weighted by Crippen LogP contribution is 2.35. The van der Waals surface area contributed by atoms with Gasteiger partial charge in [-0.2, -0.15) is 0 Å². The average molecular weight is 372 g/mol. The zero-order valence-electron chi connectivity index (χ0n) is 15.1. The number of nitrogens with zero attached hydrogens (tertiary/aromatic N) is 4. The molecular weight excluding hydrogens is 352 g/mol. The molecule has 0 amide bonds. The van der Waals surface area contributed by atoms with Gasteiger partial charge in [0.15, 0.2) is 11.0 Å². The van der Waals surface area contributed by atoms with Crippen LogP contribution in [0, 0.1) is 0 Å². The van der Waals surface area contributed by atoms with E-state index >= 15 is 0 Å². The molecule has 0 saturated heterocycles. The van der Waals surface area contributed by atoms with Gasteiger partial charge >= 0.3 is 0 Å². The zero-order valence-corrected chi connectivity index (χ0v) is 15.9. The normalized spacial score (nSPS) is 12.0. The minimum atomic E-state index is 0.284. The van der Waals surface area contributed by atoms with Crippen molar-refractivity contribution in [1.82, 2.24) is 19.7 Å². The number of hydrogen-bond acceptors (Lipinski definition) is 4. The molecular formula is C22H20N4S. The first-order valence-electron chi connectivity index (χ1n) is 8.90. The third-order valence-electron chi connectivity index (χ3n) is 4.37. The average Bonchev–Trinajstić information content (AvgIpc) is 3.12. The molecule has 0 aliphatic rings. The monoisotopic (exact) mass is 372 g/mol. The highest BCUT2D eigenvalue weighted by Gasteiger charge is 2.18. The second kappa shape index (κ2) is 8.18. The molecule has 2 aromatic carbocycles. The maximum Gasteiger partial charge on any atom is 0.192 e. The maximum atomic E-state index is 4.50. The molecule has 2 heterocycles. The Morgan fingerprint density at radius 3 is 2.33 bits per heavy atom. The van der Waals surface area contributed by atoms with Crippen LogP contribution in [0.3, 0.4) is 0 Å². The lowest BCUT2D eigenvalue weighted by Crippen LogP contribution is -2.05. The summed E-state index contributed by atoms with van der Waals surface area (Å²) >= 11 is 1.73. The molecule has 0 aliphatic heterocycles. The summed E-state index contributed by atoms with van der Waals surface area (Å²) in [5.41, 5.74) is 3.47. The fourth-order valence-electron chi connectivity index (χ4n) is 2.94. The van der Waals surface area contributed by atoms with Crippen molar-refractivity contribution >= 4 is 11.8 Å². The van der Waals surface area contributed by atoms with E-state index in [9.17, 15) is 0 Å². The fraction of sp³-hybridized carbons (Fsp3) is 0.136. The van der Waals surface area contributed by atoms with E-state index in [4.69, 9.17) is 0 Å². The molecule has 0 bridgehead atoms. The predicted octanol–water partition coefficient (Wildman–Crippen LogP) is 5.24. The quantitative estimate of drug-likeness (QED) is 0.434. The van der Waals surface area contributed by atoms with E-state index in [1.54, 1.807) is 18.0 Å². The molecule has 0 N–H and O–H groups in total. The van der Waals surface area contributed by atoms with Crippen molar-refractivity contribution in [3.05, 3.63) is 96.3 Å². The van der Waals surface area contributed by atoms with Gasteiger partial charge in [0.25, 0.3) is 0 Å². The van der Waals surface area contributed by atoms with Crippen LogP contribution in [0.1, 0.15) is 23.3 Å². The number of rotatable bonds is 6. The molecule has 4 rings (SSSR count). The highest BCUT2D eigenvalue weighted by molar-refractivity contribution is 7.99. The number of hydrogen-bond donors (Lipinski definition) is 0. The third kappa shape index (κ3) is 4.09. The molecule has 4 nitrogen and oxygen atoms in total. The lowest BCUT2D eigenvalue weighted by atomic mass is 10.2. The SMILES string of the molecule is CC(Sc1nnc(-c2cccnc2)n1Cc1ccccc1)c1ccccc1. The van der Waals surface area contributed by atoms with Crippen LogP contribution in [0.25, 0.3) is 11.4 Å². The number of aromatic nitrogens is 4. The van der Waals surface area contributed by atoms with E-state index in [-0.39, 0.29) is 5.25 Å². The van der Waals surface area contributed by atoms with E-state index in [1.807, 2.05) is 30.5 Å². The van der Waals surface area contributed by atoms with Gasteiger partial charge in [-0.05, 0) is 30.2 Å². The van der Waals surface area contributed by atoms with Crippen molar-refractivity contribution in [2.24, 2.45) is 0 Å². The molecule has 0 spiro atoms. The Morgan fingerprint density at radius 2 is 1.63 bits per heavy atom. The molecule has 1 atom stereocenters. The van der Waals surface area contributed by atoms with Gasteiger partial charge in [-0.3, -0.25) is 9.55 Å². The molecule has 5 heteroatoms. The lowest BCUT2D eigenvalue weighted by molar-refractivity contribution is 0.712. The first-order chi connectivity index (χ1) is 13.3. The van der Waals surface area contributed by atoms with Crippen LogP contribution >= 0.6 is 11.8 Å². The topological polar surface area (TPSA) is 43.6 Å². The fourth-order valence-corrected chi connectivity index (χ4v) is 3.92. The largest absolute Gasteiger partial charge is 0.297 e. The highest BCUT2D eigenvalue weighted by atomic mass is 32.2. The minimum absolute atomic E-state index is 0.284.